The standard InChI is InChI=1S/C14H26N2O3/c1-15-6-4-12(8-15)9-16(2)10-14(13(17)18)5-3-7-19-11-14/h12H,3-11H2,1-2H3,(H,17,18). The van der Waals surface area contributed by atoms with E-state index >= 15 is 0 Å². The van der Waals surface area contributed by atoms with Crippen molar-refractivity contribution in [3.05, 3.63) is 0 Å². The fourth-order valence-corrected chi connectivity index (χ4v) is 3.41. The van der Waals surface area contributed by atoms with E-state index in [1.54, 1.807) is 0 Å². The lowest BCUT2D eigenvalue weighted by atomic mass is 9.82. The Labute approximate surface area is 115 Å². The SMILES string of the molecule is CN1CCC(CN(C)CC2(C(=O)O)CCCOC2)C1. The summed E-state index contributed by atoms with van der Waals surface area (Å²) in [5, 5.41) is 9.53. The average molecular weight is 270 g/mol. The number of rotatable bonds is 5. The molecule has 2 aliphatic rings. The van der Waals surface area contributed by atoms with Crippen molar-refractivity contribution < 1.29 is 14.6 Å². The summed E-state index contributed by atoms with van der Waals surface area (Å²) in [6, 6.07) is 0. The van der Waals surface area contributed by atoms with Crippen LogP contribution in [0.1, 0.15) is 19.3 Å². The van der Waals surface area contributed by atoms with Crippen molar-refractivity contribution in [3.8, 4) is 0 Å². The fourth-order valence-electron chi connectivity index (χ4n) is 3.41. The molecule has 0 amide bonds. The molecule has 5 nitrogen and oxygen atoms in total. The van der Waals surface area contributed by atoms with Crippen LogP contribution in [-0.2, 0) is 9.53 Å². The summed E-state index contributed by atoms with van der Waals surface area (Å²) in [7, 11) is 4.19. The summed E-state index contributed by atoms with van der Waals surface area (Å²) in [5.41, 5.74) is -0.697. The van der Waals surface area contributed by atoms with Crippen LogP contribution in [0.5, 0.6) is 0 Å². The van der Waals surface area contributed by atoms with Crippen molar-refractivity contribution in [2.24, 2.45) is 11.3 Å². The van der Waals surface area contributed by atoms with E-state index in [0.29, 0.717) is 25.7 Å². The third-order valence-electron chi connectivity index (χ3n) is 4.41. The van der Waals surface area contributed by atoms with E-state index in [1.807, 2.05) is 7.05 Å². The minimum atomic E-state index is -0.706. The molecule has 0 aromatic carbocycles. The molecule has 0 spiro atoms. The van der Waals surface area contributed by atoms with E-state index in [4.69, 9.17) is 4.74 Å². The molecular formula is C14H26N2O3. The summed E-state index contributed by atoms with van der Waals surface area (Å²) in [5.74, 6) is -0.0343. The van der Waals surface area contributed by atoms with Crippen molar-refractivity contribution in [2.75, 3.05) is 53.5 Å². The van der Waals surface area contributed by atoms with Crippen LogP contribution >= 0.6 is 0 Å². The molecule has 0 aliphatic carbocycles. The minimum Gasteiger partial charge on any atom is -0.481 e. The Morgan fingerprint density at radius 2 is 2.37 bits per heavy atom. The van der Waals surface area contributed by atoms with Crippen molar-refractivity contribution in [2.45, 2.75) is 19.3 Å². The van der Waals surface area contributed by atoms with Crippen LogP contribution in [0.4, 0.5) is 0 Å². The van der Waals surface area contributed by atoms with Gasteiger partial charge in [0.25, 0.3) is 0 Å². The molecule has 2 rings (SSSR count). The maximum Gasteiger partial charge on any atom is 0.313 e. The van der Waals surface area contributed by atoms with Gasteiger partial charge in [0.15, 0.2) is 0 Å². The third kappa shape index (κ3) is 3.68. The zero-order valence-corrected chi connectivity index (χ0v) is 12.1. The van der Waals surface area contributed by atoms with E-state index < -0.39 is 11.4 Å². The number of carboxylic acid groups (broad SMARTS) is 1. The predicted molar refractivity (Wildman–Crippen MR) is 73.2 cm³/mol. The molecule has 2 fully saturated rings. The fraction of sp³-hybridized carbons (Fsp3) is 0.929. The van der Waals surface area contributed by atoms with Crippen LogP contribution in [0.3, 0.4) is 0 Å². The molecule has 0 aromatic heterocycles. The van der Waals surface area contributed by atoms with E-state index in [-0.39, 0.29) is 0 Å². The highest BCUT2D eigenvalue weighted by atomic mass is 16.5. The number of likely N-dealkylation sites (tertiary alicyclic amines) is 1. The zero-order valence-electron chi connectivity index (χ0n) is 12.1. The first kappa shape index (κ1) is 14.8. The van der Waals surface area contributed by atoms with Crippen molar-refractivity contribution in [1.29, 1.82) is 0 Å². The highest BCUT2D eigenvalue weighted by Crippen LogP contribution is 2.30. The van der Waals surface area contributed by atoms with Crippen LogP contribution in [0.15, 0.2) is 0 Å². The Kier molecular flexibility index (Phi) is 4.81. The van der Waals surface area contributed by atoms with Gasteiger partial charge in [0.1, 0.15) is 5.41 Å². The second-order valence-corrected chi connectivity index (χ2v) is 6.36. The van der Waals surface area contributed by atoms with E-state index in [0.717, 1.165) is 32.5 Å². The highest BCUT2D eigenvalue weighted by Gasteiger charge is 2.41. The number of hydrogen-bond donors (Lipinski definition) is 1. The van der Waals surface area contributed by atoms with E-state index in [1.165, 1.54) is 6.42 Å². The molecule has 2 unspecified atom stereocenters. The summed E-state index contributed by atoms with van der Waals surface area (Å²) < 4.78 is 5.42. The third-order valence-corrected chi connectivity index (χ3v) is 4.41. The van der Waals surface area contributed by atoms with E-state index in [2.05, 4.69) is 16.8 Å². The molecule has 0 aromatic rings. The van der Waals surface area contributed by atoms with Crippen LogP contribution in [0.25, 0.3) is 0 Å². The van der Waals surface area contributed by atoms with Crippen molar-refractivity contribution in [1.82, 2.24) is 9.80 Å². The van der Waals surface area contributed by atoms with Crippen LogP contribution in [0.2, 0.25) is 0 Å². The van der Waals surface area contributed by atoms with Gasteiger partial charge in [0.2, 0.25) is 0 Å². The van der Waals surface area contributed by atoms with Gasteiger partial charge in [-0.1, -0.05) is 0 Å². The van der Waals surface area contributed by atoms with Crippen molar-refractivity contribution in [3.63, 3.8) is 0 Å². The molecule has 110 valence electrons. The minimum absolute atomic E-state index is 0.358. The molecule has 19 heavy (non-hydrogen) atoms. The smallest absolute Gasteiger partial charge is 0.313 e. The number of aliphatic carboxylic acids is 1. The van der Waals surface area contributed by atoms with Gasteiger partial charge in [-0.05, 0) is 45.8 Å². The van der Waals surface area contributed by atoms with Gasteiger partial charge in [-0.3, -0.25) is 4.79 Å². The van der Waals surface area contributed by atoms with Gasteiger partial charge in [-0.2, -0.15) is 0 Å². The number of ether oxygens (including phenoxy) is 1. The Hall–Kier alpha value is -0.650. The number of carboxylic acids is 1. The molecule has 0 radical (unpaired) electrons. The lowest BCUT2D eigenvalue weighted by Crippen LogP contribution is -2.48. The largest absolute Gasteiger partial charge is 0.481 e. The molecular weight excluding hydrogens is 244 g/mol. The number of carbonyl (C=O) groups is 1. The molecule has 1 N–H and O–H groups in total. The molecule has 2 atom stereocenters. The Morgan fingerprint density at radius 1 is 1.58 bits per heavy atom. The lowest BCUT2D eigenvalue weighted by molar-refractivity contribution is -0.159. The van der Waals surface area contributed by atoms with E-state index in [9.17, 15) is 9.90 Å². The Morgan fingerprint density at radius 3 is 2.89 bits per heavy atom. The van der Waals surface area contributed by atoms with Crippen LogP contribution < -0.4 is 0 Å². The van der Waals surface area contributed by atoms with Gasteiger partial charge in [0.05, 0.1) is 6.61 Å². The first-order chi connectivity index (χ1) is 9.02. The quantitative estimate of drug-likeness (QED) is 0.799. The van der Waals surface area contributed by atoms with Gasteiger partial charge in [-0.25, -0.2) is 0 Å². The van der Waals surface area contributed by atoms with Crippen LogP contribution in [0, 0.1) is 11.3 Å². The van der Waals surface area contributed by atoms with Gasteiger partial charge in [-0.15, -0.1) is 0 Å². The highest BCUT2D eigenvalue weighted by molar-refractivity contribution is 5.75. The second-order valence-electron chi connectivity index (χ2n) is 6.36. The predicted octanol–water partition coefficient (Wildman–Crippen LogP) is 0.751. The summed E-state index contributed by atoms with van der Waals surface area (Å²) in [6.07, 6.45) is 2.81. The summed E-state index contributed by atoms with van der Waals surface area (Å²) >= 11 is 0. The molecule has 2 saturated heterocycles. The number of nitrogens with zero attached hydrogens (tertiary/aromatic N) is 2. The maximum atomic E-state index is 11.6. The second kappa shape index (κ2) is 6.20. The maximum absolute atomic E-state index is 11.6. The molecule has 2 aliphatic heterocycles. The molecule has 0 saturated carbocycles. The van der Waals surface area contributed by atoms with Gasteiger partial charge >= 0.3 is 5.97 Å². The molecule has 2 heterocycles. The van der Waals surface area contributed by atoms with Crippen molar-refractivity contribution >= 4 is 5.97 Å². The van der Waals surface area contributed by atoms with Crippen LogP contribution in [-0.4, -0.2) is 74.4 Å². The first-order valence-electron chi connectivity index (χ1n) is 7.20. The van der Waals surface area contributed by atoms with Gasteiger partial charge in [0, 0.05) is 26.2 Å². The average Bonchev–Trinajstić information content (AvgIpc) is 2.75. The first-order valence-corrected chi connectivity index (χ1v) is 7.20. The normalized spacial score (nSPS) is 32.9. The zero-order chi connectivity index (χ0) is 13.9. The lowest BCUT2D eigenvalue weighted by Gasteiger charge is -2.36. The van der Waals surface area contributed by atoms with Gasteiger partial charge < -0.3 is 19.6 Å². The summed E-state index contributed by atoms with van der Waals surface area (Å²) in [6.45, 7) is 4.93. The Balaban J connectivity index is 1.88. The topological polar surface area (TPSA) is 53.0 Å². The monoisotopic (exact) mass is 270 g/mol. The number of hydrogen-bond acceptors (Lipinski definition) is 4. The summed E-state index contributed by atoms with van der Waals surface area (Å²) in [4.78, 5) is 16.1. The molecule has 5 heteroatoms. The molecule has 0 bridgehead atoms. The Bertz CT molecular complexity index is 316.